The Labute approximate surface area is 98.7 Å². The van der Waals surface area contributed by atoms with Crippen LogP contribution in [0.3, 0.4) is 0 Å². The van der Waals surface area contributed by atoms with Crippen LogP contribution in [0.1, 0.15) is 40.5 Å². The van der Waals surface area contributed by atoms with Gasteiger partial charge in [-0.2, -0.15) is 13.2 Å². The molecule has 0 atom stereocenters. The van der Waals surface area contributed by atoms with E-state index in [2.05, 4.69) is 10.1 Å². The zero-order valence-electron chi connectivity index (χ0n) is 10.4. The first-order valence-corrected chi connectivity index (χ1v) is 5.43. The fraction of sp³-hybridized carbons (Fsp3) is 0.909. The quantitative estimate of drug-likeness (QED) is 0.672. The highest BCUT2D eigenvalue weighted by atomic mass is 19.4. The van der Waals surface area contributed by atoms with E-state index in [1.54, 1.807) is 0 Å². The van der Waals surface area contributed by atoms with Gasteiger partial charge in [0, 0.05) is 23.9 Å². The van der Waals surface area contributed by atoms with Gasteiger partial charge in [0.25, 0.3) is 0 Å². The summed E-state index contributed by atoms with van der Waals surface area (Å²) in [6.45, 7) is 7.29. The zero-order chi connectivity index (χ0) is 13.5. The highest BCUT2D eigenvalue weighted by Crippen LogP contribution is 2.33. The maximum absolute atomic E-state index is 12.1. The molecule has 0 unspecified atom stereocenters. The predicted molar refractivity (Wildman–Crippen MR) is 55.5 cm³/mol. The number of hydrogen-bond donors (Lipinski definition) is 0. The standard InChI is InChI=1S/C11H17F3NO2/c1-9(2)5-7(6-10(3,4)15-9)17-8(16)11(12,13)14/h7H,5-6H2,1-4H3. The van der Waals surface area contributed by atoms with E-state index in [1.165, 1.54) is 0 Å². The largest absolute Gasteiger partial charge is 0.490 e. The molecule has 0 aromatic heterocycles. The van der Waals surface area contributed by atoms with Gasteiger partial charge in [0.05, 0.1) is 0 Å². The normalized spacial score (nSPS) is 24.4. The van der Waals surface area contributed by atoms with E-state index in [-0.39, 0.29) is 0 Å². The molecule has 1 fully saturated rings. The average Bonchev–Trinajstić information content (AvgIpc) is 1.94. The molecule has 0 N–H and O–H groups in total. The van der Waals surface area contributed by atoms with Crippen LogP contribution >= 0.6 is 0 Å². The second-order valence-electron chi connectivity index (χ2n) is 5.67. The second-order valence-corrected chi connectivity index (χ2v) is 5.67. The molecule has 0 aromatic carbocycles. The lowest BCUT2D eigenvalue weighted by Crippen LogP contribution is -2.55. The van der Waals surface area contributed by atoms with Gasteiger partial charge in [0.2, 0.25) is 0 Å². The molecular weight excluding hydrogens is 235 g/mol. The van der Waals surface area contributed by atoms with Gasteiger partial charge in [-0.3, -0.25) is 0 Å². The van der Waals surface area contributed by atoms with Crippen LogP contribution < -0.4 is 5.32 Å². The van der Waals surface area contributed by atoms with Crippen molar-refractivity contribution in [1.82, 2.24) is 5.32 Å². The van der Waals surface area contributed by atoms with Crippen LogP contribution in [0.2, 0.25) is 0 Å². The van der Waals surface area contributed by atoms with Gasteiger partial charge in [-0.05, 0) is 27.7 Å². The molecule has 1 radical (unpaired) electrons. The maximum atomic E-state index is 12.1. The number of esters is 1. The van der Waals surface area contributed by atoms with Crippen LogP contribution in [0.15, 0.2) is 0 Å². The molecular formula is C11H17F3NO2. The molecule has 3 nitrogen and oxygen atoms in total. The Balaban J connectivity index is 2.70. The Morgan fingerprint density at radius 2 is 1.59 bits per heavy atom. The third kappa shape index (κ3) is 4.18. The number of rotatable bonds is 1. The number of halogens is 3. The zero-order valence-corrected chi connectivity index (χ0v) is 10.4. The molecule has 1 heterocycles. The summed E-state index contributed by atoms with van der Waals surface area (Å²) in [5, 5.41) is 4.49. The number of hydrogen-bond acceptors (Lipinski definition) is 2. The minimum absolute atomic E-state index is 0.318. The van der Waals surface area contributed by atoms with Crippen molar-refractivity contribution in [1.29, 1.82) is 0 Å². The lowest BCUT2D eigenvalue weighted by Gasteiger charge is -2.44. The molecule has 0 aliphatic carbocycles. The molecule has 1 saturated heterocycles. The van der Waals surface area contributed by atoms with Crippen molar-refractivity contribution in [3.63, 3.8) is 0 Å². The number of piperidine rings is 1. The number of nitrogens with zero attached hydrogens (tertiary/aromatic N) is 1. The Morgan fingerprint density at radius 3 is 1.94 bits per heavy atom. The van der Waals surface area contributed by atoms with Crippen LogP contribution in [0.5, 0.6) is 0 Å². The summed E-state index contributed by atoms with van der Waals surface area (Å²) in [6.07, 6.45) is -5.02. The number of carbonyl (C=O) groups excluding carboxylic acids is 1. The van der Waals surface area contributed by atoms with E-state index in [0.717, 1.165) is 0 Å². The van der Waals surface area contributed by atoms with E-state index < -0.39 is 29.3 Å². The smallest absolute Gasteiger partial charge is 0.456 e. The van der Waals surface area contributed by atoms with Gasteiger partial charge in [-0.15, -0.1) is 0 Å². The molecule has 0 aromatic rings. The number of ether oxygens (including phenoxy) is 1. The van der Waals surface area contributed by atoms with Crippen LogP contribution in [0, 0.1) is 0 Å². The van der Waals surface area contributed by atoms with Crippen molar-refractivity contribution in [3.8, 4) is 0 Å². The molecule has 0 spiro atoms. The number of alkyl halides is 3. The Hall–Kier alpha value is -0.780. The summed E-state index contributed by atoms with van der Waals surface area (Å²) >= 11 is 0. The van der Waals surface area contributed by atoms with Crippen molar-refractivity contribution in [2.45, 2.75) is 63.9 Å². The third-order valence-electron chi connectivity index (χ3n) is 2.56. The van der Waals surface area contributed by atoms with E-state index in [1.807, 2.05) is 27.7 Å². The predicted octanol–water partition coefficient (Wildman–Crippen LogP) is 2.42. The highest BCUT2D eigenvalue weighted by Gasteiger charge is 2.46. The molecule has 0 amide bonds. The summed E-state index contributed by atoms with van der Waals surface area (Å²) in [6, 6.07) is 0. The minimum Gasteiger partial charge on any atom is -0.456 e. The fourth-order valence-corrected chi connectivity index (χ4v) is 2.40. The first kappa shape index (κ1) is 14.3. The van der Waals surface area contributed by atoms with Gasteiger partial charge in [0.15, 0.2) is 0 Å². The van der Waals surface area contributed by atoms with Crippen molar-refractivity contribution in [2.75, 3.05) is 0 Å². The molecule has 0 saturated carbocycles. The minimum atomic E-state index is -4.93. The summed E-state index contributed by atoms with van der Waals surface area (Å²) < 4.78 is 40.8. The Kier molecular flexibility index (Phi) is 3.49. The molecule has 6 heteroatoms. The summed E-state index contributed by atoms with van der Waals surface area (Å²) in [5.74, 6) is -2.11. The summed E-state index contributed by atoms with van der Waals surface area (Å²) in [7, 11) is 0. The van der Waals surface area contributed by atoms with Crippen molar-refractivity contribution >= 4 is 5.97 Å². The summed E-state index contributed by atoms with van der Waals surface area (Å²) in [5.41, 5.74) is -0.948. The van der Waals surface area contributed by atoms with Crippen LogP contribution in [0.25, 0.3) is 0 Å². The van der Waals surface area contributed by atoms with Gasteiger partial charge in [-0.25, -0.2) is 10.1 Å². The second kappa shape index (κ2) is 4.15. The van der Waals surface area contributed by atoms with E-state index >= 15 is 0 Å². The van der Waals surface area contributed by atoms with E-state index in [0.29, 0.717) is 12.8 Å². The van der Waals surface area contributed by atoms with Crippen LogP contribution in [0.4, 0.5) is 13.2 Å². The SMILES string of the molecule is CC1(C)CC(OC(=O)C(F)(F)F)CC(C)(C)[N]1. The molecule has 1 aliphatic heterocycles. The first-order chi connectivity index (χ1) is 7.41. The molecule has 1 rings (SSSR count). The first-order valence-electron chi connectivity index (χ1n) is 5.43. The van der Waals surface area contributed by atoms with Crippen molar-refractivity contribution in [2.24, 2.45) is 0 Å². The summed E-state index contributed by atoms with van der Waals surface area (Å²) in [4.78, 5) is 10.8. The van der Waals surface area contributed by atoms with Crippen LogP contribution in [-0.4, -0.2) is 29.3 Å². The average molecular weight is 252 g/mol. The lowest BCUT2D eigenvalue weighted by molar-refractivity contribution is -0.208. The van der Waals surface area contributed by atoms with Gasteiger partial charge in [-0.1, -0.05) is 0 Å². The van der Waals surface area contributed by atoms with Gasteiger partial charge in [0.1, 0.15) is 6.10 Å². The highest BCUT2D eigenvalue weighted by molar-refractivity contribution is 5.75. The Bertz CT molecular complexity index is 294. The molecule has 17 heavy (non-hydrogen) atoms. The Morgan fingerprint density at radius 1 is 1.18 bits per heavy atom. The number of carbonyl (C=O) groups is 1. The van der Waals surface area contributed by atoms with Gasteiger partial charge >= 0.3 is 12.1 Å². The van der Waals surface area contributed by atoms with Gasteiger partial charge < -0.3 is 4.74 Å². The van der Waals surface area contributed by atoms with E-state index in [9.17, 15) is 18.0 Å². The molecule has 99 valence electrons. The third-order valence-corrected chi connectivity index (χ3v) is 2.56. The van der Waals surface area contributed by atoms with E-state index in [4.69, 9.17) is 0 Å². The fourth-order valence-electron chi connectivity index (χ4n) is 2.40. The molecule has 0 bridgehead atoms. The lowest BCUT2D eigenvalue weighted by atomic mass is 9.81. The topological polar surface area (TPSA) is 40.4 Å². The maximum Gasteiger partial charge on any atom is 0.490 e. The van der Waals surface area contributed by atoms with Crippen LogP contribution in [-0.2, 0) is 9.53 Å². The monoisotopic (exact) mass is 252 g/mol. The van der Waals surface area contributed by atoms with Crippen molar-refractivity contribution in [3.05, 3.63) is 0 Å². The van der Waals surface area contributed by atoms with Crippen molar-refractivity contribution < 1.29 is 22.7 Å². The molecule has 1 aliphatic rings.